The third-order valence-electron chi connectivity index (χ3n) is 4.63. The van der Waals surface area contributed by atoms with Gasteiger partial charge in [0.15, 0.2) is 0 Å². The van der Waals surface area contributed by atoms with Gasteiger partial charge in [-0.3, -0.25) is 4.90 Å². The second kappa shape index (κ2) is 7.90. The van der Waals surface area contributed by atoms with Gasteiger partial charge in [0, 0.05) is 38.3 Å². The number of morpholine rings is 1. The number of rotatable bonds is 3. The van der Waals surface area contributed by atoms with Crippen molar-refractivity contribution in [2.75, 3.05) is 44.7 Å². The van der Waals surface area contributed by atoms with Crippen molar-refractivity contribution in [2.45, 2.75) is 25.3 Å². The highest BCUT2D eigenvalue weighted by atomic mass is 19.1. The molecule has 2 fully saturated rings. The molecule has 1 N–H and O–H groups in total. The van der Waals surface area contributed by atoms with Gasteiger partial charge in [-0.25, -0.2) is 13.6 Å². The van der Waals surface area contributed by atoms with Crippen LogP contribution < -0.4 is 5.32 Å². The van der Waals surface area contributed by atoms with Gasteiger partial charge < -0.3 is 15.0 Å². The molecule has 132 valence electrons. The average molecular weight is 339 g/mol. The van der Waals surface area contributed by atoms with E-state index >= 15 is 0 Å². The molecule has 0 saturated carbocycles. The Morgan fingerprint density at radius 1 is 1.21 bits per heavy atom. The van der Waals surface area contributed by atoms with Gasteiger partial charge >= 0.3 is 6.03 Å². The van der Waals surface area contributed by atoms with Gasteiger partial charge in [-0.15, -0.1) is 0 Å². The molecular formula is C17H23F2N3O2. The lowest BCUT2D eigenvalue weighted by atomic mass is 10.0. The minimum Gasteiger partial charge on any atom is -0.379 e. The van der Waals surface area contributed by atoms with Crippen LogP contribution in [0.15, 0.2) is 18.2 Å². The number of hydrogen-bond donors (Lipinski definition) is 1. The number of benzene rings is 1. The molecule has 0 aliphatic carbocycles. The smallest absolute Gasteiger partial charge is 0.322 e. The number of hydrogen-bond acceptors (Lipinski definition) is 3. The molecule has 2 aliphatic heterocycles. The summed E-state index contributed by atoms with van der Waals surface area (Å²) in [6.07, 6.45) is 2.97. The Balaban J connectivity index is 1.64. The monoisotopic (exact) mass is 339 g/mol. The number of piperidine rings is 1. The highest BCUT2D eigenvalue weighted by molar-refractivity contribution is 5.89. The Kier molecular flexibility index (Phi) is 5.63. The van der Waals surface area contributed by atoms with Crippen molar-refractivity contribution in [2.24, 2.45) is 0 Å². The SMILES string of the molecule is O=C(Nc1ccc(F)cc1F)N1CCCCC1CN1CCOCC1. The molecule has 1 aromatic carbocycles. The van der Waals surface area contributed by atoms with Gasteiger partial charge in [0.2, 0.25) is 0 Å². The van der Waals surface area contributed by atoms with Crippen molar-refractivity contribution in [1.82, 2.24) is 9.80 Å². The van der Waals surface area contributed by atoms with Gasteiger partial charge in [0.25, 0.3) is 0 Å². The summed E-state index contributed by atoms with van der Waals surface area (Å²) in [6.45, 7) is 4.66. The van der Waals surface area contributed by atoms with Crippen LogP contribution in [0.5, 0.6) is 0 Å². The van der Waals surface area contributed by atoms with Gasteiger partial charge in [0.05, 0.1) is 18.9 Å². The minimum absolute atomic E-state index is 0.0112. The maximum Gasteiger partial charge on any atom is 0.322 e. The predicted octanol–water partition coefficient (Wildman–Crippen LogP) is 2.68. The van der Waals surface area contributed by atoms with Crippen LogP contribution >= 0.6 is 0 Å². The number of carbonyl (C=O) groups is 1. The van der Waals surface area contributed by atoms with Crippen LogP contribution in [-0.4, -0.2) is 61.3 Å². The first-order chi connectivity index (χ1) is 11.6. The molecule has 0 aromatic heterocycles. The van der Waals surface area contributed by atoms with Crippen molar-refractivity contribution in [1.29, 1.82) is 0 Å². The molecular weight excluding hydrogens is 316 g/mol. The second-order valence-corrected chi connectivity index (χ2v) is 6.31. The molecule has 1 aromatic rings. The van der Waals surface area contributed by atoms with E-state index in [1.54, 1.807) is 4.90 Å². The maximum absolute atomic E-state index is 13.8. The van der Waals surface area contributed by atoms with Crippen LogP contribution in [0.4, 0.5) is 19.3 Å². The van der Waals surface area contributed by atoms with Gasteiger partial charge in [-0.2, -0.15) is 0 Å². The molecule has 0 bridgehead atoms. The zero-order valence-electron chi connectivity index (χ0n) is 13.6. The summed E-state index contributed by atoms with van der Waals surface area (Å²) in [5, 5.41) is 2.58. The molecule has 1 atom stereocenters. The number of urea groups is 1. The van der Waals surface area contributed by atoms with Crippen LogP contribution in [0.3, 0.4) is 0 Å². The van der Waals surface area contributed by atoms with E-state index in [0.29, 0.717) is 6.54 Å². The number of halogens is 2. The van der Waals surface area contributed by atoms with Gasteiger partial charge in [-0.05, 0) is 31.4 Å². The summed E-state index contributed by atoms with van der Waals surface area (Å²) in [5.74, 6) is -1.42. The Bertz CT molecular complexity index is 579. The van der Waals surface area contributed by atoms with Crippen molar-refractivity contribution in [3.05, 3.63) is 29.8 Å². The fourth-order valence-electron chi connectivity index (χ4n) is 3.32. The zero-order valence-corrected chi connectivity index (χ0v) is 13.6. The fraction of sp³-hybridized carbons (Fsp3) is 0.588. The summed E-state index contributed by atoms with van der Waals surface area (Å²) in [4.78, 5) is 16.7. The maximum atomic E-state index is 13.8. The van der Waals surface area contributed by atoms with Crippen molar-refractivity contribution < 1.29 is 18.3 Å². The number of nitrogens with one attached hydrogen (secondary N) is 1. The standard InChI is InChI=1S/C17H23F2N3O2/c18-13-4-5-16(15(19)11-13)20-17(23)22-6-2-1-3-14(22)12-21-7-9-24-10-8-21/h4-5,11,14H,1-3,6-10,12H2,(H,20,23). The number of carbonyl (C=O) groups excluding carboxylic acids is 1. The third kappa shape index (κ3) is 4.21. The van der Waals surface area contributed by atoms with Crippen molar-refractivity contribution in [3.8, 4) is 0 Å². The van der Waals surface area contributed by atoms with Gasteiger partial charge in [0.1, 0.15) is 11.6 Å². The number of nitrogens with zero attached hydrogens (tertiary/aromatic N) is 2. The molecule has 2 saturated heterocycles. The second-order valence-electron chi connectivity index (χ2n) is 6.31. The largest absolute Gasteiger partial charge is 0.379 e. The van der Waals surface area contributed by atoms with E-state index in [4.69, 9.17) is 4.74 Å². The highest BCUT2D eigenvalue weighted by Gasteiger charge is 2.29. The zero-order chi connectivity index (χ0) is 16.9. The van der Waals surface area contributed by atoms with E-state index in [2.05, 4.69) is 10.2 Å². The van der Waals surface area contributed by atoms with E-state index in [1.165, 1.54) is 6.07 Å². The lowest BCUT2D eigenvalue weighted by molar-refractivity contribution is 0.0229. The highest BCUT2D eigenvalue weighted by Crippen LogP contribution is 2.21. The van der Waals surface area contributed by atoms with Crippen LogP contribution in [0.25, 0.3) is 0 Å². The topological polar surface area (TPSA) is 44.8 Å². The molecule has 7 heteroatoms. The number of likely N-dealkylation sites (tertiary alicyclic amines) is 1. The molecule has 0 spiro atoms. The molecule has 3 rings (SSSR count). The summed E-state index contributed by atoms with van der Waals surface area (Å²) in [6, 6.07) is 2.96. The van der Waals surface area contributed by atoms with Crippen LogP contribution in [0.2, 0.25) is 0 Å². The average Bonchev–Trinajstić information content (AvgIpc) is 2.59. The van der Waals surface area contributed by atoms with Crippen molar-refractivity contribution >= 4 is 11.7 Å². The first-order valence-electron chi connectivity index (χ1n) is 8.46. The van der Waals surface area contributed by atoms with Crippen LogP contribution in [-0.2, 0) is 4.74 Å². The van der Waals surface area contributed by atoms with Crippen molar-refractivity contribution in [3.63, 3.8) is 0 Å². The quantitative estimate of drug-likeness (QED) is 0.921. The number of anilines is 1. The molecule has 2 amide bonds. The van der Waals surface area contributed by atoms with Gasteiger partial charge in [-0.1, -0.05) is 0 Å². The number of ether oxygens (including phenoxy) is 1. The van der Waals surface area contributed by atoms with E-state index in [-0.39, 0.29) is 17.8 Å². The number of amides is 2. The lowest BCUT2D eigenvalue weighted by Crippen LogP contribution is -2.52. The predicted molar refractivity (Wildman–Crippen MR) is 87.0 cm³/mol. The minimum atomic E-state index is -0.759. The molecule has 2 aliphatic rings. The fourth-order valence-corrected chi connectivity index (χ4v) is 3.32. The Labute approximate surface area is 140 Å². The third-order valence-corrected chi connectivity index (χ3v) is 4.63. The van der Waals surface area contributed by atoms with E-state index in [1.807, 2.05) is 0 Å². The Morgan fingerprint density at radius 3 is 2.75 bits per heavy atom. The molecule has 1 unspecified atom stereocenters. The first kappa shape index (κ1) is 17.1. The van der Waals surface area contributed by atoms with E-state index in [9.17, 15) is 13.6 Å². The Hall–Kier alpha value is -1.73. The lowest BCUT2D eigenvalue weighted by Gasteiger charge is -2.39. The van der Waals surface area contributed by atoms with E-state index in [0.717, 1.165) is 64.2 Å². The Morgan fingerprint density at radius 2 is 2.00 bits per heavy atom. The van der Waals surface area contributed by atoms with Crippen LogP contribution in [0.1, 0.15) is 19.3 Å². The van der Waals surface area contributed by atoms with Crippen LogP contribution in [0, 0.1) is 11.6 Å². The summed E-state index contributed by atoms with van der Waals surface area (Å²) in [7, 11) is 0. The summed E-state index contributed by atoms with van der Waals surface area (Å²) in [5.41, 5.74) is 0.0112. The first-order valence-corrected chi connectivity index (χ1v) is 8.46. The molecule has 5 nitrogen and oxygen atoms in total. The molecule has 24 heavy (non-hydrogen) atoms. The van der Waals surface area contributed by atoms with E-state index < -0.39 is 11.6 Å². The summed E-state index contributed by atoms with van der Waals surface area (Å²) >= 11 is 0. The molecule has 0 radical (unpaired) electrons. The summed E-state index contributed by atoms with van der Waals surface area (Å²) < 4.78 is 32.1. The molecule has 2 heterocycles. The normalized spacial score (nSPS) is 22.4.